The van der Waals surface area contributed by atoms with Gasteiger partial charge in [0.1, 0.15) is 0 Å². The van der Waals surface area contributed by atoms with Gasteiger partial charge in [-0.25, -0.2) is 0 Å². The molecular formula is C19H42O3. The fourth-order valence-corrected chi connectivity index (χ4v) is 2.61. The van der Waals surface area contributed by atoms with Gasteiger partial charge in [0.25, 0.3) is 0 Å². The van der Waals surface area contributed by atoms with E-state index in [9.17, 15) is 0 Å². The zero-order valence-electron chi connectivity index (χ0n) is 15.5. The van der Waals surface area contributed by atoms with Crippen LogP contribution in [0.25, 0.3) is 0 Å². The standard InChI is InChI=1S/C19H40O2.H2O/c1-4-5-6-7-8-9-10-11-12-13-14-15-16-17-18-21-19(2)20-3;/h19H,4-18H2,1-3H3;1H2. The smallest absolute Gasteiger partial charge is 0.154 e. The first-order valence-electron chi connectivity index (χ1n) is 9.45. The summed E-state index contributed by atoms with van der Waals surface area (Å²) in [6, 6.07) is 0. The summed E-state index contributed by atoms with van der Waals surface area (Å²) >= 11 is 0. The lowest BCUT2D eigenvalue weighted by Crippen LogP contribution is -2.10. The minimum atomic E-state index is -0.0491. The molecule has 3 nitrogen and oxygen atoms in total. The van der Waals surface area contributed by atoms with E-state index >= 15 is 0 Å². The van der Waals surface area contributed by atoms with Crippen molar-refractivity contribution >= 4 is 0 Å². The average molecular weight is 319 g/mol. The van der Waals surface area contributed by atoms with Gasteiger partial charge >= 0.3 is 0 Å². The topological polar surface area (TPSA) is 50.0 Å². The summed E-state index contributed by atoms with van der Waals surface area (Å²) in [4.78, 5) is 0. The number of hydrogen-bond acceptors (Lipinski definition) is 2. The molecule has 0 aromatic rings. The quantitative estimate of drug-likeness (QED) is 0.257. The van der Waals surface area contributed by atoms with Crippen LogP contribution < -0.4 is 0 Å². The zero-order chi connectivity index (χ0) is 15.6. The minimum Gasteiger partial charge on any atom is -0.412 e. The van der Waals surface area contributed by atoms with Crippen molar-refractivity contribution < 1.29 is 14.9 Å². The lowest BCUT2D eigenvalue weighted by molar-refractivity contribution is -0.111. The van der Waals surface area contributed by atoms with Crippen molar-refractivity contribution in [1.29, 1.82) is 0 Å². The molecule has 0 aliphatic rings. The van der Waals surface area contributed by atoms with Crippen molar-refractivity contribution in [2.45, 2.75) is 110 Å². The van der Waals surface area contributed by atoms with E-state index in [1.165, 1.54) is 89.9 Å². The molecule has 22 heavy (non-hydrogen) atoms. The highest BCUT2D eigenvalue weighted by molar-refractivity contribution is 4.49. The Morgan fingerprint density at radius 2 is 1.00 bits per heavy atom. The Morgan fingerprint density at radius 3 is 1.36 bits per heavy atom. The lowest BCUT2D eigenvalue weighted by atomic mass is 10.0. The van der Waals surface area contributed by atoms with Gasteiger partial charge in [0.15, 0.2) is 6.29 Å². The Kier molecular flexibility index (Phi) is 22.9. The summed E-state index contributed by atoms with van der Waals surface area (Å²) in [5, 5.41) is 0. The van der Waals surface area contributed by atoms with E-state index in [-0.39, 0.29) is 11.8 Å². The highest BCUT2D eigenvalue weighted by Gasteiger charge is 1.98. The number of unbranched alkanes of at least 4 members (excludes halogenated alkanes) is 13. The van der Waals surface area contributed by atoms with Crippen LogP contribution >= 0.6 is 0 Å². The van der Waals surface area contributed by atoms with Gasteiger partial charge < -0.3 is 14.9 Å². The summed E-state index contributed by atoms with van der Waals surface area (Å²) in [5.41, 5.74) is 0. The van der Waals surface area contributed by atoms with Crippen molar-refractivity contribution in [3.8, 4) is 0 Å². The summed E-state index contributed by atoms with van der Waals surface area (Å²) in [5.74, 6) is 0. The molecule has 0 radical (unpaired) electrons. The molecule has 0 aliphatic heterocycles. The van der Waals surface area contributed by atoms with E-state index in [0.717, 1.165) is 6.61 Å². The second-order valence-corrected chi connectivity index (χ2v) is 6.27. The first-order chi connectivity index (χ1) is 10.3. The van der Waals surface area contributed by atoms with Crippen LogP contribution in [0.1, 0.15) is 104 Å². The summed E-state index contributed by atoms with van der Waals surface area (Å²) in [6.07, 6.45) is 19.5. The predicted molar refractivity (Wildman–Crippen MR) is 96.3 cm³/mol. The first kappa shape index (κ1) is 24.1. The molecule has 0 fully saturated rings. The van der Waals surface area contributed by atoms with E-state index in [1.807, 2.05) is 6.92 Å². The number of ether oxygens (including phenoxy) is 2. The maximum Gasteiger partial charge on any atom is 0.154 e. The van der Waals surface area contributed by atoms with Crippen molar-refractivity contribution in [2.24, 2.45) is 0 Å². The summed E-state index contributed by atoms with van der Waals surface area (Å²) < 4.78 is 10.5. The third-order valence-electron chi connectivity index (χ3n) is 4.18. The molecule has 0 aromatic carbocycles. The normalized spacial score (nSPS) is 12.1. The molecule has 0 saturated heterocycles. The average Bonchev–Trinajstić information content (AvgIpc) is 2.50. The van der Waals surface area contributed by atoms with Crippen LogP contribution in [0.4, 0.5) is 0 Å². The van der Waals surface area contributed by atoms with E-state index in [2.05, 4.69) is 6.92 Å². The fraction of sp³-hybridized carbons (Fsp3) is 1.00. The maximum atomic E-state index is 5.48. The molecule has 0 aliphatic carbocycles. The molecule has 0 rings (SSSR count). The predicted octanol–water partition coefficient (Wildman–Crippen LogP) is 5.65. The van der Waals surface area contributed by atoms with E-state index in [4.69, 9.17) is 9.47 Å². The van der Waals surface area contributed by atoms with Crippen molar-refractivity contribution in [2.75, 3.05) is 13.7 Å². The largest absolute Gasteiger partial charge is 0.412 e. The Hall–Kier alpha value is -0.120. The van der Waals surface area contributed by atoms with Crippen LogP contribution in [-0.2, 0) is 9.47 Å². The maximum absolute atomic E-state index is 5.48. The Balaban J connectivity index is 0. The molecule has 2 N–H and O–H groups in total. The molecule has 0 bridgehead atoms. The van der Waals surface area contributed by atoms with Gasteiger partial charge in [-0.05, 0) is 13.3 Å². The van der Waals surface area contributed by atoms with E-state index in [0.29, 0.717) is 0 Å². The second-order valence-electron chi connectivity index (χ2n) is 6.27. The van der Waals surface area contributed by atoms with Gasteiger partial charge in [0.05, 0.1) is 0 Å². The summed E-state index contributed by atoms with van der Waals surface area (Å²) in [7, 11) is 1.69. The number of rotatable bonds is 17. The Bertz CT molecular complexity index is 186. The second kappa shape index (κ2) is 20.9. The molecule has 1 atom stereocenters. The molecule has 0 spiro atoms. The zero-order valence-corrected chi connectivity index (χ0v) is 15.5. The van der Waals surface area contributed by atoms with Crippen LogP contribution in [0.3, 0.4) is 0 Å². The third-order valence-corrected chi connectivity index (χ3v) is 4.18. The van der Waals surface area contributed by atoms with Gasteiger partial charge in [0.2, 0.25) is 0 Å². The molecule has 3 heteroatoms. The van der Waals surface area contributed by atoms with E-state index < -0.39 is 0 Å². The SMILES string of the molecule is CCCCCCCCCCCCCCCCOC(C)OC.O. The highest BCUT2D eigenvalue weighted by atomic mass is 16.7. The molecule has 0 amide bonds. The fourth-order valence-electron chi connectivity index (χ4n) is 2.61. The molecule has 0 aromatic heterocycles. The Morgan fingerprint density at radius 1 is 0.636 bits per heavy atom. The molecule has 0 saturated carbocycles. The van der Waals surface area contributed by atoms with Gasteiger partial charge in [-0.2, -0.15) is 0 Å². The molecule has 136 valence electrons. The van der Waals surface area contributed by atoms with Crippen molar-refractivity contribution in [1.82, 2.24) is 0 Å². The van der Waals surface area contributed by atoms with Crippen molar-refractivity contribution in [3.63, 3.8) is 0 Å². The highest BCUT2D eigenvalue weighted by Crippen LogP contribution is 2.13. The molecular weight excluding hydrogens is 276 g/mol. The van der Waals surface area contributed by atoms with Gasteiger partial charge in [-0.1, -0.05) is 90.4 Å². The van der Waals surface area contributed by atoms with Crippen LogP contribution in [0.2, 0.25) is 0 Å². The van der Waals surface area contributed by atoms with Crippen LogP contribution in [0.15, 0.2) is 0 Å². The Labute approximate surface area is 139 Å². The van der Waals surface area contributed by atoms with Crippen molar-refractivity contribution in [3.05, 3.63) is 0 Å². The minimum absolute atomic E-state index is 0. The number of hydrogen-bond donors (Lipinski definition) is 0. The van der Waals surface area contributed by atoms with Crippen LogP contribution in [0.5, 0.6) is 0 Å². The van der Waals surface area contributed by atoms with Crippen LogP contribution in [-0.4, -0.2) is 25.5 Å². The van der Waals surface area contributed by atoms with E-state index in [1.54, 1.807) is 7.11 Å². The van der Waals surface area contributed by atoms with Gasteiger partial charge in [-0.15, -0.1) is 0 Å². The first-order valence-corrected chi connectivity index (χ1v) is 9.45. The summed E-state index contributed by atoms with van der Waals surface area (Å²) in [6.45, 7) is 5.07. The number of methoxy groups -OCH3 is 1. The molecule has 0 heterocycles. The third kappa shape index (κ3) is 19.9. The lowest BCUT2D eigenvalue weighted by Gasteiger charge is -2.10. The van der Waals surface area contributed by atoms with Gasteiger partial charge in [0, 0.05) is 13.7 Å². The monoisotopic (exact) mass is 318 g/mol. The molecule has 1 unspecified atom stereocenters. The van der Waals surface area contributed by atoms with Crippen LogP contribution in [0, 0.1) is 0 Å². The van der Waals surface area contributed by atoms with Gasteiger partial charge in [-0.3, -0.25) is 0 Å².